The lowest BCUT2D eigenvalue weighted by Crippen LogP contribution is -2.41. The van der Waals surface area contributed by atoms with Crippen LogP contribution in [0.25, 0.3) is 5.52 Å². The molecule has 1 aliphatic heterocycles. The molecule has 2 aromatic carbocycles. The third-order valence-corrected chi connectivity index (χ3v) is 8.33. The average molecular weight is 595 g/mol. The minimum Gasteiger partial charge on any atom is -0.480 e. The third kappa shape index (κ3) is 5.70. The van der Waals surface area contributed by atoms with Crippen LogP contribution in [0.1, 0.15) is 11.3 Å². The third-order valence-electron chi connectivity index (χ3n) is 6.76. The summed E-state index contributed by atoms with van der Waals surface area (Å²) in [6.07, 6.45) is -3.74. The molecule has 1 aliphatic rings. The summed E-state index contributed by atoms with van der Waals surface area (Å²) in [5.74, 6) is -1.07. The molecule has 1 unspecified atom stereocenters. The lowest BCUT2D eigenvalue weighted by atomic mass is 9.92. The van der Waals surface area contributed by atoms with E-state index in [0.717, 1.165) is 6.33 Å². The smallest absolute Gasteiger partial charge is 0.459 e. The molecule has 5 rings (SSSR count). The van der Waals surface area contributed by atoms with Gasteiger partial charge in [-0.1, -0.05) is 48.5 Å². The Bertz CT molecular complexity index is 1650. The molecule has 15 heteroatoms. The Labute approximate surface area is 239 Å². The summed E-state index contributed by atoms with van der Waals surface area (Å²) in [5, 5.41) is 48.5. The summed E-state index contributed by atoms with van der Waals surface area (Å²) in [6, 6.07) is 20.2. The Morgan fingerprint density at radius 1 is 1.17 bits per heavy atom. The Hall–Kier alpha value is -4.35. The van der Waals surface area contributed by atoms with Crippen molar-refractivity contribution in [3.8, 4) is 11.8 Å². The molecule has 0 saturated carbocycles. The first-order valence-corrected chi connectivity index (χ1v) is 14.3. The lowest BCUT2D eigenvalue weighted by molar-refractivity contribution is -0.139. The van der Waals surface area contributed by atoms with E-state index in [4.69, 9.17) is 19.5 Å². The molecule has 0 bridgehead atoms. The SMILES string of the molecule is N#C[C@@]1(c2ccc3c(N)ncnn23)O[C@H](COP(=O)(N[C@H](Cc2ccccc2)C(=O)O)Oc2ccccc2)[C@@H](O)[C@H]1O. The zero-order valence-electron chi connectivity index (χ0n) is 21.9. The number of nitriles is 1. The van der Waals surface area contributed by atoms with Crippen LogP contribution in [-0.2, 0) is 30.6 Å². The maximum atomic E-state index is 14.0. The van der Waals surface area contributed by atoms with Gasteiger partial charge in [0.15, 0.2) is 5.82 Å². The van der Waals surface area contributed by atoms with Gasteiger partial charge in [-0.25, -0.2) is 14.1 Å². The van der Waals surface area contributed by atoms with Crippen molar-refractivity contribution in [1.29, 1.82) is 5.26 Å². The summed E-state index contributed by atoms with van der Waals surface area (Å²) in [7, 11) is -4.47. The number of carbonyl (C=O) groups is 1. The molecule has 1 fully saturated rings. The standard InChI is InChI=1S/C27H27N6O8P/c28-15-27(22-12-11-20-25(29)30-16-31-33(20)22)24(35)23(34)21(40-27)14-39-42(38,41-18-9-5-2-6-10-18)32-19(26(36)37)13-17-7-3-1-4-8-17/h1-12,16,19,21,23-24,34-35H,13-14H2,(H,32,38)(H,36,37)(H2,29,30,31)/t19-,21-,23-,24-,27+,42?/m1/s1. The second-order valence-corrected chi connectivity index (χ2v) is 11.2. The van der Waals surface area contributed by atoms with Crippen LogP contribution in [0, 0.1) is 11.3 Å². The average Bonchev–Trinajstić information content (AvgIpc) is 3.53. The van der Waals surface area contributed by atoms with Gasteiger partial charge in [0.25, 0.3) is 0 Å². The number of fused-ring (bicyclic) bond motifs is 1. The highest BCUT2D eigenvalue weighted by atomic mass is 31.2. The number of aliphatic carboxylic acids is 1. The fourth-order valence-corrected chi connectivity index (χ4v) is 6.17. The van der Waals surface area contributed by atoms with Crippen LogP contribution in [0.5, 0.6) is 5.75 Å². The van der Waals surface area contributed by atoms with Gasteiger partial charge >= 0.3 is 13.7 Å². The van der Waals surface area contributed by atoms with Gasteiger partial charge in [-0.2, -0.15) is 15.4 Å². The van der Waals surface area contributed by atoms with Gasteiger partial charge in [0.05, 0.1) is 12.3 Å². The van der Waals surface area contributed by atoms with Crippen LogP contribution in [-0.4, -0.2) is 66.8 Å². The number of ether oxygens (including phenoxy) is 1. The molecule has 218 valence electrons. The van der Waals surface area contributed by atoms with E-state index in [1.165, 1.54) is 28.8 Å². The molecule has 0 aliphatic carbocycles. The van der Waals surface area contributed by atoms with Gasteiger partial charge in [-0.15, -0.1) is 0 Å². The molecule has 42 heavy (non-hydrogen) atoms. The number of hydrogen-bond acceptors (Lipinski definition) is 11. The molecule has 0 radical (unpaired) electrons. The summed E-state index contributed by atoms with van der Waals surface area (Å²) >= 11 is 0. The van der Waals surface area contributed by atoms with Gasteiger partial charge < -0.3 is 30.3 Å². The number of aromatic nitrogens is 3. The van der Waals surface area contributed by atoms with Crippen LogP contribution in [0.4, 0.5) is 5.82 Å². The number of rotatable bonds is 11. The van der Waals surface area contributed by atoms with E-state index in [0.29, 0.717) is 11.1 Å². The van der Waals surface area contributed by atoms with Crippen molar-refractivity contribution >= 4 is 25.1 Å². The molecule has 14 nitrogen and oxygen atoms in total. The number of nitrogens with two attached hydrogens (primary N) is 1. The van der Waals surface area contributed by atoms with E-state index < -0.39 is 50.3 Å². The number of carboxylic acid groups (broad SMARTS) is 1. The maximum absolute atomic E-state index is 14.0. The van der Waals surface area contributed by atoms with Crippen molar-refractivity contribution < 1.29 is 38.5 Å². The molecule has 3 heterocycles. The molecule has 1 saturated heterocycles. The minimum atomic E-state index is -4.47. The molecule has 6 atom stereocenters. The van der Waals surface area contributed by atoms with E-state index in [1.54, 1.807) is 48.5 Å². The molecular weight excluding hydrogens is 567 g/mol. The normalized spacial score (nSPS) is 24.1. The van der Waals surface area contributed by atoms with E-state index in [2.05, 4.69) is 15.2 Å². The number of para-hydroxylation sites is 1. The number of nitrogens with zero attached hydrogens (tertiary/aromatic N) is 4. The van der Waals surface area contributed by atoms with Crippen molar-refractivity contribution in [1.82, 2.24) is 19.7 Å². The molecule has 2 aromatic heterocycles. The zero-order chi connectivity index (χ0) is 29.9. The summed E-state index contributed by atoms with van der Waals surface area (Å²) < 4.78 is 32.4. The second kappa shape index (κ2) is 11.9. The van der Waals surface area contributed by atoms with Gasteiger partial charge in [0.2, 0.25) is 5.60 Å². The van der Waals surface area contributed by atoms with Gasteiger partial charge in [-0.05, 0) is 36.2 Å². The van der Waals surface area contributed by atoms with Crippen molar-refractivity contribution in [3.63, 3.8) is 0 Å². The van der Waals surface area contributed by atoms with Crippen LogP contribution in [0.2, 0.25) is 0 Å². The lowest BCUT2D eigenvalue weighted by Gasteiger charge is -2.26. The molecule has 0 amide bonds. The minimum absolute atomic E-state index is 0.0489. The van der Waals surface area contributed by atoms with Gasteiger partial charge in [-0.3, -0.25) is 9.32 Å². The van der Waals surface area contributed by atoms with Crippen LogP contribution < -0.4 is 15.3 Å². The van der Waals surface area contributed by atoms with E-state index in [1.807, 2.05) is 6.07 Å². The molecule has 0 spiro atoms. The Balaban J connectivity index is 1.40. The maximum Gasteiger partial charge on any atom is 0.459 e. The number of nitrogens with one attached hydrogen (secondary N) is 1. The molecule has 4 aromatic rings. The van der Waals surface area contributed by atoms with Crippen molar-refractivity contribution in [2.24, 2.45) is 0 Å². The quantitative estimate of drug-likeness (QED) is 0.156. The van der Waals surface area contributed by atoms with Crippen LogP contribution >= 0.6 is 7.75 Å². The number of anilines is 1. The van der Waals surface area contributed by atoms with E-state index in [9.17, 15) is 29.9 Å². The van der Waals surface area contributed by atoms with Crippen molar-refractivity contribution in [2.45, 2.75) is 36.4 Å². The number of aliphatic hydroxyl groups is 2. The second-order valence-electron chi connectivity index (χ2n) is 9.51. The van der Waals surface area contributed by atoms with Crippen molar-refractivity contribution in [2.75, 3.05) is 12.3 Å². The zero-order valence-corrected chi connectivity index (χ0v) is 22.8. The Morgan fingerprint density at radius 3 is 2.52 bits per heavy atom. The Morgan fingerprint density at radius 2 is 1.86 bits per heavy atom. The Kier molecular flexibility index (Phi) is 8.24. The number of hydrogen-bond donors (Lipinski definition) is 5. The first-order valence-electron chi connectivity index (χ1n) is 12.7. The molecule has 6 N–H and O–H groups in total. The fraction of sp³-hybridized carbons (Fsp3) is 0.259. The first-order chi connectivity index (χ1) is 20.2. The summed E-state index contributed by atoms with van der Waals surface area (Å²) in [6.45, 7) is -0.656. The number of benzene rings is 2. The van der Waals surface area contributed by atoms with Crippen LogP contribution in [0.3, 0.4) is 0 Å². The first kappa shape index (κ1) is 29.2. The predicted octanol–water partition coefficient (Wildman–Crippen LogP) is 1.64. The van der Waals surface area contributed by atoms with Crippen molar-refractivity contribution in [3.05, 3.63) is 90.4 Å². The number of aliphatic hydroxyl groups excluding tert-OH is 2. The highest BCUT2D eigenvalue weighted by Crippen LogP contribution is 2.47. The highest BCUT2D eigenvalue weighted by molar-refractivity contribution is 7.52. The van der Waals surface area contributed by atoms with E-state index >= 15 is 0 Å². The predicted molar refractivity (Wildman–Crippen MR) is 147 cm³/mol. The number of nitrogen functional groups attached to an aromatic ring is 1. The van der Waals surface area contributed by atoms with Gasteiger partial charge in [0, 0.05) is 0 Å². The summed E-state index contributed by atoms with van der Waals surface area (Å²) in [4.78, 5) is 16.0. The largest absolute Gasteiger partial charge is 0.480 e. The fourth-order valence-electron chi connectivity index (χ4n) is 4.66. The van der Waals surface area contributed by atoms with Gasteiger partial charge in [0.1, 0.15) is 48.0 Å². The van der Waals surface area contributed by atoms with Crippen LogP contribution in [0.15, 0.2) is 79.1 Å². The monoisotopic (exact) mass is 594 g/mol. The number of carboxylic acids is 1. The highest BCUT2D eigenvalue weighted by Gasteiger charge is 2.58. The topological polar surface area (TPSA) is 215 Å². The summed E-state index contributed by atoms with van der Waals surface area (Å²) in [5.41, 5.74) is 4.84. The molecular formula is C27H27N6O8P. The van der Waals surface area contributed by atoms with E-state index in [-0.39, 0.29) is 23.7 Å².